The standard InChI is InChI=1S/C15H20F2N2O2/c1-10(21-11-3-4-12(16)13(17)7-11)14(20)19-6-5-15(2,8-18)9-19/h3-4,7,10H,5-6,8-9,18H2,1-2H3. The Morgan fingerprint density at radius 3 is 2.76 bits per heavy atom. The zero-order valence-electron chi connectivity index (χ0n) is 12.2. The summed E-state index contributed by atoms with van der Waals surface area (Å²) in [7, 11) is 0. The Labute approximate surface area is 122 Å². The lowest BCUT2D eigenvalue weighted by Gasteiger charge is -2.25. The van der Waals surface area contributed by atoms with E-state index in [2.05, 4.69) is 0 Å². The molecule has 2 atom stereocenters. The highest BCUT2D eigenvalue weighted by atomic mass is 19.2. The van der Waals surface area contributed by atoms with Crippen molar-refractivity contribution in [2.75, 3.05) is 19.6 Å². The maximum Gasteiger partial charge on any atom is 0.263 e. The maximum absolute atomic E-state index is 13.1. The van der Waals surface area contributed by atoms with Gasteiger partial charge in [0.2, 0.25) is 0 Å². The van der Waals surface area contributed by atoms with Crippen LogP contribution in [0.15, 0.2) is 18.2 Å². The smallest absolute Gasteiger partial charge is 0.263 e. The number of rotatable bonds is 4. The van der Waals surface area contributed by atoms with Crippen LogP contribution in [0.5, 0.6) is 5.75 Å². The molecule has 1 fully saturated rings. The first-order valence-electron chi connectivity index (χ1n) is 6.95. The van der Waals surface area contributed by atoms with Crippen LogP contribution in [0.2, 0.25) is 0 Å². The molecule has 6 heteroatoms. The van der Waals surface area contributed by atoms with Crippen LogP contribution < -0.4 is 10.5 Å². The Morgan fingerprint density at radius 2 is 2.19 bits per heavy atom. The van der Waals surface area contributed by atoms with Crippen LogP contribution in [0.3, 0.4) is 0 Å². The molecule has 1 aliphatic heterocycles. The van der Waals surface area contributed by atoms with E-state index in [1.54, 1.807) is 11.8 Å². The molecule has 4 nitrogen and oxygen atoms in total. The van der Waals surface area contributed by atoms with Crippen molar-refractivity contribution in [1.82, 2.24) is 4.90 Å². The lowest BCUT2D eigenvalue weighted by atomic mass is 9.90. The van der Waals surface area contributed by atoms with Gasteiger partial charge in [0.05, 0.1) is 0 Å². The number of carbonyl (C=O) groups is 1. The molecule has 21 heavy (non-hydrogen) atoms. The number of benzene rings is 1. The number of amides is 1. The van der Waals surface area contributed by atoms with E-state index in [9.17, 15) is 13.6 Å². The summed E-state index contributed by atoms with van der Waals surface area (Å²) < 4.78 is 31.4. The third kappa shape index (κ3) is 3.50. The molecule has 1 amide bonds. The first kappa shape index (κ1) is 15.7. The van der Waals surface area contributed by atoms with Crippen LogP contribution >= 0.6 is 0 Å². The summed E-state index contributed by atoms with van der Waals surface area (Å²) in [5.74, 6) is -1.98. The normalized spacial score (nSPS) is 23.2. The van der Waals surface area contributed by atoms with Crippen molar-refractivity contribution in [1.29, 1.82) is 0 Å². The fourth-order valence-corrected chi connectivity index (χ4v) is 2.44. The third-order valence-electron chi connectivity index (χ3n) is 3.91. The van der Waals surface area contributed by atoms with E-state index in [-0.39, 0.29) is 17.1 Å². The van der Waals surface area contributed by atoms with Gasteiger partial charge >= 0.3 is 0 Å². The lowest BCUT2D eigenvalue weighted by Crippen LogP contribution is -2.41. The van der Waals surface area contributed by atoms with Crippen LogP contribution in [0, 0.1) is 17.0 Å². The minimum absolute atomic E-state index is 0.0582. The summed E-state index contributed by atoms with van der Waals surface area (Å²) in [6, 6.07) is 3.21. The quantitative estimate of drug-likeness (QED) is 0.924. The topological polar surface area (TPSA) is 55.6 Å². The van der Waals surface area contributed by atoms with E-state index in [1.807, 2.05) is 6.92 Å². The fraction of sp³-hybridized carbons (Fsp3) is 0.533. The van der Waals surface area contributed by atoms with E-state index in [0.29, 0.717) is 19.6 Å². The second-order valence-corrected chi connectivity index (χ2v) is 5.86. The highest BCUT2D eigenvalue weighted by molar-refractivity contribution is 5.81. The van der Waals surface area contributed by atoms with Crippen molar-refractivity contribution in [2.45, 2.75) is 26.4 Å². The summed E-state index contributed by atoms with van der Waals surface area (Å²) in [5, 5.41) is 0. The molecule has 1 aliphatic rings. The molecule has 2 N–H and O–H groups in total. The van der Waals surface area contributed by atoms with Crippen LogP contribution in [-0.2, 0) is 4.79 Å². The minimum Gasteiger partial charge on any atom is -0.481 e. The zero-order chi connectivity index (χ0) is 15.6. The first-order valence-corrected chi connectivity index (χ1v) is 6.95. The summed E-state index contributed by atoms with van der Waals surface area (Å²) in [6.45, 7) is 5.39. The van der Waals surface area contributed by atoms with Crippen molar-refractivity contribution in [3.8, 4) is 5.75 Å². The van der Waals surface area contributed by atoms with Gasteiger partial charge in [0, 0.05) is 19.2 Å². The number of hydrogen-bond acceptors (Lipinski definition) is 3. The Morgan fingerprint density at radius 1 is 1.48 bits per heavy atom. The molecule has 1 aromatic carbocycles. The molecule has 1 heterocycles. The van der Waals surface area contributed by atoms with E-state index in [1.165, 1.54) is 6.07 Å². The molecule has 0 bridgehead atoms. The highest BCUT2D eigenvalue weighted by Gasteiger charge is 2.36. The average Bonchev–Trinajstić information content (AvgIpc) is 2.85. The number of likely N-dealkylation sites (tertiary alicyclic amines) is 1. The molecule has 2 unspecified atom stereocenters. The van der Waals surface area contributed by atoms with Gasteiger partial charge < -0.3 is 15.4 Å². The number of hydrogen-bond donors (Lipinski definition) is 1. The van der Waals surface area contributed by atoms with Gasteiger partial charge in [0.25, 0.3) is 5.91 Å². The van der Waals surface area contributed by atoms with Gasteiger partial charge in [-0.25, -0.2) is 8.78 Å². The van der Waals surface area contributed by atoms with Crippen molar-refractivity contribution in [2.24, 2.45) is 11.1 Å². The van der Waals surface area contributed by atoms with E-state index >= 15 is 0 Å². The van der Waals surface area contributed by atoms with Gasteiger partial charge in [-0.15, -0.1) is 0 Å². The number of nitrogens with two attached hydrogens (primary N) is 1. The van der Waals surface area contributed by atoms with Gasteiger partial charge in [-0.2, -0.15) is 0 Å². The molecule has 0 aromatic heterocycles. The fourth-order valence-electron chi connectivity index (χ4n) is 2.44. The van der Waals surface area contributed by atoms with Crippen LogP contribution in [0.4, 0.5) is 8.78 Å². The Bertz CT molecular complexity index is 538. The molecule has 0 aliphatic carbocycles. The summed E-state index contributed by atoms with van der Waals surface area (Å²) in [4.78, 5) is 14.0. The van der Waals surface area contributed by atoms with Crippen molar-refractivity contribution in [3.05, 3.63) is 29.8 Å². The van der Waals surface area contributed by atoms with Gasteiger partial charge in [-0.1, -0.05) is 6.92 Å². The summed E-state index contributed by atoms with van der Waals surface area (Å²) >= 11 is 0. The Hall–Kier alpha value is -1.69. The minimum atomic E-state index is -0.996. The van der Waals surface area contributed by atoms with Gasteiger partial charge in [-0.05, 0) is 37.4 Å². The number of halogens is 2. The van der Waals surface area contributed by atoms with E-state index in [4.69, 9.17) is 10.5 Å². The molecular weight excluding hydrogens is 278 g/mol. The van der Waals surface area contributed by atoms with Gasteiger partial charge in [-0.3, -0.25) is 4.79 Å². The number of ether oxygens (including phenoxy) is 1. The van der Waals surface area contributed by atoms with E-state index < -0.39 is 17.7 Å². The Balaban J connectivity index is 1.98. The largest absolute Gasteiger partial charge is 0.481 e. The van der Waals surface area contributed by atoms with Gasteiger partial charge in [0.15, 0.2) is 17.7 Å². The molecule has 0 radical (unpaired) electrons. The molecular formula is C15H20F2N2O2. The molecule has 1 aromatic rings. The maximum atomic E-state index is 13.1. The molecule has 116 valence electrons. The third-order valence-corrected chi connectivity index (χ3v) is 3.91. The summed E-state index contributed by atoms with van der Waals surface area (Å²) in [6.07, 6.45) is 0.0997. The van der Waals surface area contributed by atoms with Crippen LogP contribution in [0.1, 0.15) is 20.3 Å². The summed E-state index contributed by atoms with van der Waals surface area (Å²) in [5.41, 5.74) is 5.66. The second-order valence-electron chi connectivity index (χ2n) is 5.86. The predicted octanol–water partition coefficient (Wildman–Crippen LogP) is 1.93. The highest BCUT2D eigenvalue weighted by Crippen LogP contribution is 2.29. The van der Waals surface area contributed by atoms with Gasteiger partial charge in [0.1, 0.15) is 5.75 Å². The second kappa shape index (κ2) is 5.97. The molecule has 2 rings (SSSR count). The monoisotopic (exact) mass is 298 g/mol. The van der Waals surface area contributed by atoms with Crippen molar-refractivity contribution in [3.63, 3.8) is 0 Å². The number of carbonyl (C=O) groups excluding carboxylic acids is 1. The van der Waals surface area contributed by atoms with Crippen LogP contribution in [-0.4, -0.2) is 36.5 Å². The predicted molar refractivity (Wildman–Crippen MR) is 74.8 cm³/mol. The van der Waals surface area contributed by atoms with E-state index in [0.717, 1.165) is 18.6 Å². The van der Waals surface area contributed by atoms with Crippen LogP contribution in [0.25, 0.3) is 0 Å². The molecule has 0 spiro atoms. The molecule has 1 saturated heterocycles. The SMILES string of the molecule is CC(Oc1ccc(F)c(F)c1)C(=O)N1CCC(C)(CN)C1. The first-order chi connectivity index (χ1) is 9.84. The Kier molecular flexibility index (Phi) is 4.46. The number of nitrogens with zero attached hydrogens (tertiary/aromatic N) is 1. The zero-order valence-corrected chi connectivity index (χ0v) is 12.2. The van der Waals surface area contributed by atoms with Crippen molar-refractivity contribution < 1.29 is 18.3 Å². The molecule has 0 saturated carbocycles. The van der Waals surface area contributed by atoms with Crippen molar-refractivity contribution >= 4 is 5.91 Å². The average molecular weight is 298 g/mol. The lowest BCUT2D eigenvalue weighted by molar-refractivity contribution is -0.137.